The molecule has 31 heavy (non-hydrogen) atoms. The van der Waals surface area contributed by atoms with Gasteiger partial charge in [-0.2, -0.15) is 4.98 Å². The van der Waals surface area contributed by atoms with Gasteiger partial charge in [-0.1, -0.05) is 0 Å². The summed E-state index contributed by atoms with van der Waals surface area (Å²) in [6, 6.07) is 10.9. The Morgan fingerprint density at radius 2 is 1.35 bits per heavy atom. The molecular weight excluding hydrogens is 425 g/mol. The average Bonchev–Trinajstić information content (AvgIpc) is 2.80. The highest BCUT2D eigenvalue weighted by Crippen LogP contribution is 2.31. The molecule has 1 aromatic heterocycles. The molecule has 0 saturated carbocycles. The van der Waals surface area contributed by atoms with E-state index in [1.807, 2.05) is 24.3 Å². The van der Waals surface area contributed by atoms with E-state index in [2.05, 4.69) is 9.97 Å². The van der Waals surface area contributed by atoms with Gasteiger partial charge in [0.2, 0.25) is 5.28 Å². The van der Waals surface area contributed by atoms with E-state index in [0.717, 1.165) is 17.3 Å². The van der Waals surface area contributed by atoms with Crippen molar-refractivity contribution in [2.45, 2.75) is 13.1 Å². The van der Waals surface area contributed by atoms with Crippen molar-refractivity contribution in [1.82, 2.24) is 9.97 Å². The first-order valence-corrected chi connectivity index (χ1v) is 9.71. The van der Waals surface area contributed by atoms with Crippen LogP contribution in [0, 0.1) is 5.82 Å². The number of ether oxygens (including phenoxy) is 4. The van der Waals surface area contributed by atoms with Crippen LogP contribution in [0.2, 0.25) is 5.28 Å². The SMILES string of the molecule is COc1ccc(CN(Cc2ccc(OC)cc2OC)c2nc(Cl)ncc2F)c(OC)c1. The van der Waals surface area contributed by atoms with Gasteiger partial charge < -0.3 is 23.8 Å². The number of hydrogen-bond acceptors (Lipinski definition) is 7. The maximum Gasteiger partial charge on any atom is 0.224 e. The molecule has 3 rings (SSSR count). The van der Waals surface area contributed by atoms with E-state index in [1.165, 1.54) is 0 Å². The molecule has 0 saturated heterocycles. The molecule has 7 nitrogen and oxygen atoms in total. The zero-order chi connectivity index (χ0) is 22.4. The molecule has 0 unspecified atom stereocenters. The van der Waals surface area contributed by atoms with Crippen LogP contribution in [-0.2, 0) is 13.1 Å². The Balaban J connectivity index is 2.03. The van der Waals surface area contributed by atoms with Crippen molar-refractivity contribution in [2.75, 3.05) is 33.3 Å². The highest BCUT2D eigenvalue weighted by molar-refractivity contribution is 6.28. The molecule has 9 heteroatoms. The average molecular weight is 448 g/mol. The second kappa shape index (κ2) is 10.2. The van der Waals surface area contributed by atoms with Crippen molar-refractivity contribution in [1.29, 1.82) is 0 Å². The largest absolute Gasteiger partial charge is 0.497 e. The summed E-state index contributed by atoms with van der Waals surface area (Å²) in [5.41, 5.74) is 1.62. The van der Waals surface area contributed by atoms with Gasteiger partial charge in [-0.15, -0.1) is 0 Å². The highest BCUT2D eigenvalue weighted by atomic mass is 35.5. The Morgan fingerprint density at radius 3 is 1.81 bits per heavy atom. The predicted octanol–water partition coefficient (Wildman–Crippen LogP) is 4.51. The Morgan fingerprint density at radius 1 is 0.839 bits per heavy atom. The molecule has 0 amide bonds. The Labute approximate surface area is 185 Å². The molecule has 0 aliphatic heterocycles. The van der Waals surface area contributed by atoms with Gasteiger partial charge in [-0.05, 0) is 35.9 Å². The molecule has 0 aliphatic carbocycles. The highest BCUT2D eigenvalue weighted by Gasteiger charge is 2.20. The molecule has 2 aromatic carbocycles. The number of hydrogen-bond donors (Lipinski definition) is 0. The topological polar surface area (TPSA) is 65.9 Å². The second-order valence-corrected chi connectivity index (χ2v) is 6.86. The fraction of sp³-hybridized carbons (Fsp3) is 0.273. The molecule has 0 spiro atoms. The molecule has 164 valence electrons. The molecule has 0 fully saturated rings. The van der Waals surface area contributed by atoms with E-state index in [-0.39, 0.29) is 24.2 Å². The van der Waals surface area contributed by atoms with Crippen LogP contribution in [0.15, 0.2) is 42.6 Å². The Hall–Kier alpha value is -3.26. The minimum Gasteiger partial charge on any atom is -0.497 e. The number of aromatic nitrogens is 2. The third kappa shape index (κ3) is 5.27. The standard InChI is InChI=1S/C22H23ClFN3O4/c1-28-16-7-5-14(19(9-16)30-3)12-27(21-18(24)11-25-22(23)26-21)13-15-6-8-17(29-2)10-20(15)31-4/h5-11H,12-13H2,1-4H3. The first kappa shape index (κ1) is 22.4. The molecule has 0 radical (unpaired) electrons. The van der Waals surface area contributed by atoms with E-state index in [1.54, 1.807) is 45.5 Å². The van der Waals surface area contributed by atoms with Crippen LogP contribution < -0.4 is 23.8 Å². The normalized spacial score (nSPS) is 10.5. The van der Waals surface area contributed by atoms with Gasteiger partial charge >= 0.3 is 0 Å². The van der Waals surface area contributed by atoms with Crippen LogP contribution >= 0.6 is 11.6 Å². The molecule has 3 aromatic rings. The van der Waals surface area contributed by atoms with Crippen LogP contribution in [-0.4, -0.2) is 38.4 Å². The summed E-state index contributed by atoms with van der Waals surface area (Å²) in [6.07, 6.45) is 1.05. The molecular formula is C22H23ClFN3O4. The maximum absolute atomic E-state index is 14.7. The summed E-state index contributed by atoms with van der Waals surface area (Å²) in [7, 11) is 6.29. The summed E-state index contributed by atoms with van der Waals surface area (Å²) >= 11 is 5.97. The van der Waals surface area contributed by atoms with E-state index < -0.39 is 5.82 Å². The molecule has 0 atom stereocenters. The molecule has 0 N–H and O–H groups in total. The summed E-state index contributed by atoms with van der Waals surface area (Å²) in [6.45, 7) is 0.569. The quantitative estimate of drug-likeness (QED) is 0.447. The Kier molecular flexibility index (Phi) is 7.36. The van der Waals surface area contributed by atoms with E-state index in [4.69, 9.17) is 30.5 Å². The zero-order valence-corrected chi connectivity index (χ0v) is 18.4. The van der Waals surface area contributed by atoms with E-state index in [0.29, 0.717) is 23.0 Å². The fourth-order valence-corrected chi connectivity index (χ4v) is 3.27. The van der Waals surface area contributed by atoms with Gasteiger partial charge in [-0.3, -0.25) is 0 Å². The van der Waals surface area contributed by atoms with Crippen molar-refractivity contribution in [3.63, 3.8) is 0 Å². The number of anilines is 1. The lowest BCUT2D eigenvalue weighted by atomic mass is 10.1. The number of rotatable bonds is 9. The van der Waals surface area contributed by atoms with Gasteiger partial charge in [0.05, 0.1) is 34.6 Å². The van der Waals surface area contributed by atoms with Crippen LogP contribution in [0.3, 0.4) is 0 Å². The van der Waals surface area contributed by atoms with Crippen LogP contribution in [0.5, 0.6) is 23.0 Å². The first-order chi connectivity index (χ1) is 15.0. The third-order valence-corrected chi connectivity index (χ3v) is 4.89. The lowest BCUT2D eigenvalue weighted by Crippen LogP contribution is -2.25. The first-order valence-electron chi connectivity index (χ1n) is 9.33. The number of benzene rings is 2. The molecule has 0 aliphatic rings. The van der Waals surface area contributed by atoms with Gasteiger partial charge in [0.15, 0.2) is 11.6 Å². The minimum absolute atomic E-state index is 0.0511. The van der Waals surface area contributed by atoms with E-state index >= 15 is 0 Å². The second-order valence-electron chi connectivity index (χ2n) is 6.52. The van der Waals surface area contributed by atoms with Crippen molar-refractivity contribution in [3.8, 4) is 23.0 Å². The van der Waals surface area contributed by atoms with E-state index in [9.17, 15) is 4.39 Å². The summed E-state index contributed by atoms with van der Waals surface area (Å²) in [4.78, 5) is 9.57. The number of halogens is 2. The monoisotopic (exact) mass is 447 g/mol. The number of methoxy groups -OCH3 is 4. The predicted molar refractivity (Wildman–Crippen MR) is 116 cm³/mol. The smallest absolute Gasteiger partial charge is 0.224 e. The van der Waals surface area contributed by atoms with Gasteiger partial charge in [0.25, 0.3) is 0 Å². The molecule has 0 bridgehead atoms. The summed E-state index contributed by atoms with van der Waals surface area (Å²) in [5, 5.41) is -0.0511. The maximum atomic E-state index is 14.7. The Bertz CT molecular complexity index is 994. The zero-order valence-electron chi connectivity index (χ0n) is 17.7. The lowest BCUT2D eigenvalue weighted by Gasteiger charge is -2.26. The van der Waals surface area contributed by atoms with Crippen LogP contribution in [0.25, 0.3) is 0 Å². The molecule has 1 heterocycles. The van der Waals surface area contributed by atoms with Gasteiger partial charge in [-0.25, -0.2) is 9.37 Å². The minimum atomic E-state index is -0.593. The van der Waals surface area contributed by atoms with Crippen molar-refractivity contribution < 1.29 is 23.3 Å². The van der Waals surface area contributed by atoms with Crippen LogP contribution in [0.1, 0.15) is 11.1 Å². The fourth-order valence-electron chi connectivity index (χ4n) is 3.14. The summed E-state index contributed by atoms with van der Waals surface area (Å²) < 4.78 is 36.2. The van der Waals surface area contributed by atoms with Crippen molar-refractivity contribution >= 4 is 17.4 Å². The van der Waals surface area contributed by atoms with Gasteiger partial charge in [0.1, 0.15) is 23.0 Å². The summed E-state index contributed by atoms with van der Waals surface area (Å²) in [5.74, 6) is 1.98. The van der Waals surface area contributed by atoms with Crippen LogP contribution in [0.4, 0.5) is 10.2 Å². The van der Waals surface area contributed by atoms with Gasteiger partial charge in [0, 0.05) is 36.3 Å². The lowest BCUT2D eigenvalue weighted by molar-refractivity contribution is 0.389. The van der Waals surface area contributed by atoms with Crippen molar-refractivity contribution in [3.05, 3.63) is 64.8 Å². The number of nitrogens with zero attached hydrogens (tertiary/aromatic N) is 3. The van der Waals surface area contributed by atoms with Crippen molar-refractivity contribution in [2.24, 2.45) is 0 Å². The third-order valence-electron chi connectivity index (χ3n) is 4.71.